The molecular weight excluding hydrogens is 377 g/mol. The van der Waals surface area contributed by atoms with Crippen molar-refractivity contribution in [2.24, 2.45) is 0 Å². The monoisotopic (exact) mass is 399 g/mol. The van der Waals surface area contributed by atoms with Crippen LogP contribution in [0.1, 0.15) is 30.1 Å². The molecule has 7 heteroatoms. The van der Waals surface area contributed by atoms with E-state index in [0.29, 0.717) is 22.4 Å². The molecule has 3 aromatic rings. The number of rotatable bonds is 9. The van der Waals surface area contributed by atoms with Crippen molar-refractivity contribution in [2.75, 3.05) is 12.4 Å². The molecule has 0 unspecified atom stereocenters. The molecule has 1 saturated carbocycles. The normalized spacial score (nSPS) is 14.9. The van der Waals surface area contributed by atoms with Crippen LogP contribution in [0, 0.1) is 5.82 Å². The van der Waals surface area contributed by atoms with Gasteiger partial charge in [-0.15, -0.1) is 5.10 Å². The average Bonchev–Trinajstić information content (AvgIpc) is 3.48. The molecule has 0 amide bonds. The number of aliphatic hydroxyl groups is 1. The van der Waals surface area contributed by atoms with Gasteiger partial charge in [-0.2, -0.15) is 0 Å². The van der Waals surface area contributed by atoms with Crippen molar-refractivity contribution < 1.29 is 14.2 Å². The summed E-state index contributed by atoms with van der Waals surface area (Å²) in [4.78, 5) is 4.67. The molecule has 0 radical (unpaired) electrons. The van der Waals surface area contributed by atoms with Crippen LogP contribution in [-0.4, -0.2) is 38.3 Å². The Morgan fingerprint density at radius 3 is 2.64 bits per heavy atom. The lowest BCUT2D eigenvalue weighted by Gasteiger charge is -2.10. The lowest BCUT2D eigenvalue weighted by atomic mass is 10.2. The zero-order chi connectivity index (χ0) is 19.3. The molecule has 1 N–H and O–H groups in total. The average molecular weight is 399 g/mol. The maximum absolute atomic E-state index is 13.6. The number of hydrogen-bond acceptors (Lipinski definition) is 5. The van der Waals surface area contributed by atoms with E-state index in [1.807, 2.05) is 35.0 Å². The summed E-state index contributed by atoms with van der Waals surface area (Å²) in [5, 5.41) is 15.4. The maximum atomic E-state index is 13.6. The van der Waals surface area contributed by atoms with E-state index >= 15 is 0 Å². The van der Waals surface area contributed by atoms with E-state index in [9.17, 15) is 9.50 Å². The molecule has 0 saturated heterocycles. The smallest absolute Gasteiger partial charge is 0.209 e. The predicted octanol–water partition coefficient (Wildman–Crippen LogP) is 3.95. The fourth-order valence-electron chi connectivity index (χ4n) is 2.87. The van der Waals surface area contributed by atoms with Crippen molar-refractivity contribution in [3.8, 4) is 5.69 Å². The molecule has 1 heterocycles. The third-order valence-corrected chi connectivity index (χ3v) is 5.47. The van der Waals surface area contributed by atoms with Crippen LogP contribution >= 0.6 is 11.8 Å². The summed E-state index contributed by atoms with van der Waals surface area (Å²) >= 11 is 1.41. The van der Waals surface area contributed by atoms with Crippen LogP contribution in [-0.2, 0) is 11.3 Å². The molecule has 0 spiro atoms. The van der Waals surface area contributed by atoms with Gasteiger partial charge in [-0.05, 0) is 31.0 Å². The van der Waals surface area contributed by atoms with E-state index in [0.717, 1.165) is 24.4 Å². The summed E-state index contributed by atoms with van der Waals surface area (Å²) in [7, 11) is 0. The van der Waals surface area contributed by atoms with Gasteiger partial charge in [-0.25, -0.2) is 14.1 Å². The first-order valence-corrected chi connectivity index (χ1v) is 10.3. The number of nitrogens with zero attached hydrogens (tertiary/aromatic N) is 3. The van der Waals surface area contributed by atoms with Gasteiger partial charge in [0.15, 0.2) is 0 Å². The second kappa shape index (κ2) is 8.86. The molecule has 28 heavy (non-hydrogen) atoms. The van der Waals surface area contributed by atoms with Crippen LogP contribution < -0.4 is 0 Å². The summed E-state index contributed by atoms with van der Waals surface area (Å²) in [6, 6.07) is 16.5. The molecule has 2 aromatic carbocycles. The first kappa shape index (κ1) is 19.1. The summed E-state index contributed by atoms with van der Waals surface area (Å²) in [5.74, 6) is 1.57. The Morgan fingerprint density at radius 2 is 1.89 bits per heavy atom. The zero-order valence-electron chi connectivity index (χ0n) is 15.4. The largest absolute Gasteiger partial charge is 0.390 e. The first-order chi connectivity index (χ1) is 13.7. The number of benzene rings is 2. The fourth-order valence-corrected chi connectivity index (χ4v) is 3.60. The van der Waals surface area contributed by atoms with Crippen molar-refractivity contribution >= 4 is 11.8 Å². The molecular formula is C21H22FN3O2S. The van der Waals surface area contributed by atoms with Crippen molar-refractivity contribution in [1.29, 1.82) is 0 Å². The molecule has 1 aliphatic carbocycles. The summed E-state index contributed by atoms with van der Waals surface area (Å²) in [5.41, 5.74) is 1.48. The Balaban J connectivity index is 1.31. The lowest BCUT2D eigenvalue weighted by molar-refractivity contribution is 0.0386. The molecule has 1 aliphatic rings. The highest BCUT2D eigenvalue weighted by molar-refractivity contribution is 7.99. The van der Waals surface area contributed by atoms with Crippen molar-refractivity contribution in [2.45, 2.75) is 36.6 Å². The second-order valence-corrected chi connectivity index (χ2v) is 7.83. The van der Waals surface area contributed by atoms with E-state index in [2.05, 4.69) is 10.1 Å². The van der Waals surface area contributed by atoms with Crippen molar-refractivity contribution in [3.63, 3.8) is 0 Å². The third-order valence-electron chi connectivity index (χ3n) is 4.49. The van der Waals surface area contributed by atoms with E-state index in [-0.39, 0.29) is 19.0 Å². The SMILES string of the molecule is O[C@@H](COCc1ccccc1F)CSc1nc(C2CC2)n(-c2ccccc2)n1. The minimum Gasteiger partial charge on any atom is -0.390 e. The van der Waals surface area contributed by atoms with Crippen molar-refractivity contribution in [1.82, 2.24) is 14.8 Å². The number of para-hydroxylation sites is 1. The maximum Gasteiger partial charge on any atom is 0.209 e. The van der Waals surface area contributed by atoms with Gasteiger partial charge in [0.05, 0.1) is 25.0 Å². The minimum atomic E-state index is -0.676. The van der Waals surface area contributed by atoms with Gasteiger partial charge >= 0.3 is 0 Å². The van der Waals surface area contributed by atoms with Crippen LogP contribution in [0.2, 0.25) is 0 Å². The Labute approximate surface area is 167 Å². The van der Waals surface area contributed by atoms with E-state index in [4.69, 9.17) is 4.74 Å². The summed E-state index contributed by atoms with van der Waals surface area (Å²) in [6.07, 6.45) is 1.61. The minimum absolute atomic E-state index is 0.135. The van der Waals surface area contributed by atoms with Crippen LogP contribution in [0.4, 0.5) is 4.39 Å². The Kier molecular flexibility index (Phi) is 6.04. The number of aromatic nitrogens is 3. The van der Waals surface area contributed by atoms with Gasteiger partial charge in [-0.1, -0.05) is 48.2 Å². The quantitative estimate of drug-likeness (QED) is 0.552. The lowest BCUT2D eigenvalue weighted by Crippen LogP contribution is -2.18. The van der Waals surface area contributed by atoms with Gasteiger partial charge in [0.2, 0.25) is 5.16 Å². The zero-order valence-corrected chi connectivity index (χ0v) is 16.2. The van der Waals surface area contributed by atoms with E-state index < -0.39 is 6.10 Å². The number of ether oxygens (including phenoxy) is 1. The Morgan fingerprint density at radius 1 is 1.14 bits per heavy atom. The Hall–Kier alpha value is -2.22. The highest BCUT2D eigenvalue weighted by Crippen LogP contribution is 2.40. The van der Waals surface area contributed by atoms with E-state index in [1.165, 1.54) is 17.8 Å². The number of hydrogen-bond donors (Lipinski definition) is 1. The van der Waals surface area contributed by atoms with Crippen molar-refractivity contribution in [3.05, 3.63) is 71.8 Å². The highest BCUT2D eigenvalue weighted by atomic mass is 32.2. The molecule has 0 bridgehead atoms. The van der Waals surface area contributed by atoms with Gasteiger partial charge in [-0.3, -0.25) is 0 Å². The van der Waals surface area contributed by atoms with Gasteiger partial charge in [0.25, 0.3) is 0 Å². The van der Waals surface area contributed by atoms with Crippen LogP contribution in [0.3, 0.4) is 0 Å². The number of aliphatic hydroxyl groups excluding tert-OH is 1. The van der Waals surface area contributed by atoms with Gasteiger partial charge in [0.1, 0.15) is 11.6 Å². The molecule has 0 aliphatic heterocycles. The highest BCUT2D eigenvalue weighted by Gasteiger charge is 2.30. The van der Waals surface area contributed by atoms with Crippen LogP contribution in [0.25, 0.3) is 5.69 Å². The van der Waals surface area contributed by atoms with Crippen LogP contribution in [0.5, 0.6) is 0 Å². The molecule has 1 aromatic heterocycles. The van der Waals surface area contributed by atoms with Gasteiger partial charge in [0, 0.05) is 17.2 Å². The van der Waals surface area contributed by atoms with Gasteiger partial charge < -0.3 is 9.84 Å². The third kappa shape index (κ3) is 4.79. The van der Waals surface area contributed by atoms with E-state index in [1.54, 1.807) is 18.2 Å². The molecule has 5 nitrogen and oxygen atoms in total. The molecule has 4 rings (SSSR count). The fraction of sp³-hybridized carbons (Fsp3) is 0.333. The standard InChI is InChI=1S/C21H22FN3O2S/c22-19-9-5-4-6-16(19)12-27-13-18(26)14-28-21-23-20(15-10-11-15)25(24-21)17-7-2-1-3-8-17/h1-9,15,18,26H,10-14H2/t18-/m0/s1. The predicted molar refractivity (Wildman–Crippen MR) is 106 cm³/mol. The summed E-state index contributed by atoms with van der Waals surface area (Å²) < 4.78 is 20.9. The topological polar surface area (TPSA) is 60.2 Å². The molecule has 146 valence electrons. The van der Waals surface area contributed by atoms with Crippen LogP contribution in [0.15, 0.2) is 59.8 Å². The number of halogens is 1. The summed E-state index contributed by atoms with van der Waals surface area (Å²) in [6.45, 7) is 0.275. The second-order valence-electron chi connectivity index (χ2n) is 6.85. The molecule has 1 atom stereocenters. The number of thioether (sulfide) groups is 1. The Bertz CT molecular complexity index is 915. The first-order valence-electron chi connectivity index (χ1n) is 9.35. The molecule has 1 fully saturated rings.